The van der Waals surface area contributed by atoms with Gasteiger partial charge in [-0.2, -0.15) is 0 Å². The van der Waals surface area contributed by atoms with Crippen LogP contribution in [0, 0.1) is 0 Å². The van der Waals surface area contributed by atoms with Crippen LogP contribution in [-0.2, 0) is 11.2 Å². The number of hydrogen-bond acceptors (Lipinski definition) is 2. The van der Waals surface area contributed by atoms with Crippen LogP contribution in [0.3, 0.4) is 0 Å². The highest BCUT2D eigenvalue weighted by Gasteiger charge is 2.34. The summed E-state index contributed by atoms with van der Waals surface area (Å²) in [6.45, 7) is 6.26. The SMILES string of the molecule is CCCCCCc1ccc2c(/C=C3\C(=O)NNC3(C)C)cccc2c1. The average molecular weight is 336 g/mol. The van der Waals surface area contributed by atoms with Gasteiger partial charge >= 0.3 is 0 Å². The number of amides is 1. The van der Waals surface area contributed by atoms with Crippen LogP contribution >= 0.6 is 0 Å². The molecular formula is C22H28N2O. The second kappa shape index (κ2) is 7.40. The minimum Gasteiger partial charge on any atom is -0.287 e. The van der Waals surface area contributed by atoms with Crippen molar-refractivity contribution in [1.82, 2.24) is 10.9 Å². The zero-order valence-electron chi connectivity index (χ0n) is 15.5. The lowest BCUT2D eigenvalue weighted by Gasteiger charge is -2.17. The summed E-state index contributed by atoms with van der Waals surface area (Å²) in [7, 11) is 0. The largest absolute Gasteiger partial charge is 0.287 e. The Morgan fingerprint density at radius 1 is 1.08 bits per heavy atom. The first-order valence-corrected chi connectivity index (χ1v) is 9.32. The van der Waals surface area contributed by atoms with Gasteiger partial charge in [-0.3, -0.25) is 10.2 Å². The first-order chi connectivity index (χ1) is 12.0. The number of hydrazine groups is 1. The molecule has 1 aliphatic heterocycles. The number of carbonyl (C=O) groups excluding carboxylic acids is 1. The molecular weight excluding hydrogens is 308 g/mol. The summed E-state index contributed by atoms with van der Waals surface area (Å²) in [4.78, 5) is 12.1. The van der Waals surface area contributed by atoms with Gasteiger partial charge in [-0.1, -0.05) is 62.6 Å². The zero-order valence-corrected chi connectivity index (χ0v) is 15.5. The molecule has 2 aromatic rings. The molecule has 3 rings (SSSR count). The number of fused-ring (bicyclic) bond motifs is 1. The fourth-order valence-corrected chi connectivity index (χ4v) is 3.43. The minimum absolute atomic E-state index is 0.0467. The van der Waals surface area contributed by atoms with E-state index in [0.717, 1.165) is 17.6 Å². The van der Waals surface area contributed by atoms with Crippen molar-refractivity contribution in [3.05, 3.63) is 53.1 Å². The molecule has 1 aliphatic rings. The molecule has 3 nitrogen and oxygen atoms in total. The third kappa shape index (κ3) is 3.93. The molecule has 3 heteroatoms. The number of hydrogen-bond donors (Lipinski definition) is 2. The average Bonchev–Trinajstić information content (AvgIpc) is 2.85. The van der Waals surface area contributed by atoms with E-state index in [4.69, 9.17) is 0 Å². The monoisotopic (exact) mass is 336 g/mol. The Hall–Kier alpha value is -2.13. The fraction of sp³-hybridized carbons (Fsp3) is 0.409. The van der Waals surface area contributed by atoms with Gasteiger partial charge in [0.2, 0.25) is 0 Å². The minimum atomic E-state index is -0.363. The molecule has 132 valence electrons. The summed E-state index contributed by atoms with van der Waals surface area (Å²) >= 11 is 0. The molecule has 1 amide bonds. The highest BCUT2D eigenvalue weighted by molar-refractivity contribution is 6.04. The topological polar surface area (TPSA) is 41.1 Å². The molecule has 25 heavy (non-hydrogen) atoms. The van der Waals surface area contributed by atoms with E-state index in [-0.39, 0.29) is 11.4 Å². The molecule has 0 spiro atoms. The Bertz CT molecular complexity index is 805. The highest BCUT2D eigenvalue weighted by Crippen LogP contribution is 2.27. The molecule has 0 aromatic heterocycles. The number of carbonyl (C=O) groups is 1. The van der Waals surface area contributed by atoms with Crippen LogP contribution in [0.2, 0.25) is 0 Å². The number of nitrogens with one attached hydrogen (secondary N) is 2. The maximum Gasteiger partial charge on any atom is 0.263 e. The van der Waals surface area contributed by atoms with E-state index in [2.05, 4.69) is 54.2 Å². The van der Waals surface area contributed by atoms with E-state index in [9.17, 15) is 4.79 Å². The number of aryl methyl sites for hydroxylation is 1. The Morgan fingerprint density at radius 3 is 2.64 bits per heavy atom. The predicted octanol–water partition coefficient (Wildman–Crippen LogP) is 4.76. The highest BCUT2D eigenvalue weighted by atomic mass is 16.2. The van der Waals surface area contributed by atoms with Crippen molar-refractivity contribution < 1.29 is 4.79 Å². The summed E-state index contributed by atoms with van der Waals surface area (Å²) in [5.41, 5.74) is 8.65. The quantitative estimate of drug-likeness (QED) is 0.590. The molecule has 0 atom stereocenters. The lowest BCUT2D eigenvalue weighted by molar-refractivity contribution is -0.116. The lowest BCUT2D eigenvalue weighted by atomic mass is 9.92. The van der Waals surface area contributed by atoms with Crippen LogP contribution < -0.4 is 10.9 Å². The standard InChI is InChI=1S/C22H28N2O/c1-4-5-6-7-9-16-12-13-19-17(14-16)10-8-11-18(19)15-20-21(25)23-24-22(20,2)3/h8,10-15,24H,4-7,9H2,1-3H3,(H,23,25)/b20-15+. The Labute approximate surface area is 150 Å². The van der Waals surface area contributed by atoms with Crippen LogP contribution in [0.4, 0.5) is 0 Å². The van der Waals surface area contributed by atoms with Crippen LogP contribution in [-0.4, -0.2) is 11.4 Å². The van der Waals surface area contributed by atoms with Crippen LogP contribution in [0.25, 0.3) is 16.8 Å². The van der Waals surface area contributed by atoms with E-state index in [1.54, 1.807) is 0 Å². The van der Waals surface area contributed by atoms with Gasteiger partial charge in [-0.25, -0.2) is 5.43 Å². The van der Waals surface area contributed by atoms with Crippen molar-refractivity contribution in [2.45, 2.75) is 58.4 Å². The van der Waals surface area contributed by atoms with Crippen LogP contribution in [0.5, 0.6) is 0 Å². The first-order valence-electron chi connectivity index (χ1n) is 9.32. The van der Waals surface area contributed by atoms with Crippen molar-refractivity contribution in [3.63, 3.8) is 0 Å². The van der Waals surface area contributed by atoms with Crippen molar-refractivity contribution >= 4 is 22.8 Å². The second-order valence-corrected chi connectivity index (χ2v) is 7.48. The van der Waals surface area contributed by atoms with Crippen LogP contribution in [0.15, 0.2) is 42.0 Å². The predicted molar refractivity (Wildman–Crippen MR) is 105 cm³/mol. The summed E-state index contributed by atoms with van der Waals surface area (Å²) < 4.78 is 0. The first kappa shape index (κ1) is 17.7. The van der Waals surface area contributed by atoms with E-state index >= 15 is 0 Å². The van der Waals surface area contributed by atoms with E-state index in [0.29, 0.717) is 0 Å². The van der Waals surface area contributed by atoms with E-state index in [1.807, 2.05) is 19.9 Å². The maximum atomic E-state index is 12.1. The Morgan fingerprint density at radius 2 is 1.92 bits per heavy atom. The van der Waals surface area contributed by atoms with Gasteiger partial charge in [0.05, 0.1) is 5.54 Å². The Balaban J connectivity index is 1.89. The second-order valence-electron chi connectivity index (χ2n) is 7.48. The normalized spacial score (nSPS) is 18.0. The van der Waals surface area contributed by atoms with Gasteiger partial charge in [0.25, 0.3) is 5.91 Å². The third-order valence-electron chi connectivity index (χ3n) is 5.00. The van der Waals surface area contributed by atoms with Crippen molar-refractivity contribution in [2.75, 3.05) is 0 Å². The van der Waals surface area contributed by atoms with Gasteiger partial charge in [0.15, 0.2) is 0 Å². The number of rotatable bonds is 6. The van der Waals surface area contributed by atoms with Crippen molar-refractivity contribution in [1.29, 1.82) is 0 Å². The molecule has 1 heterocycles. The molecule has 0 saturated carbocycles. The molecule has 0 radical (unpaired) electrons. The molecule has 0 bridgehead atoms. The van der Waals surface area contributed by atoms with Gasteiger partial charge in [0, 0.05) is 5.57 Å². The van der Waals surface area contributed by atoms with Crippen LogP contribution in [0.1, 0.15) is 57.6 Å². The van der Waals surface area contributed by atoms with Gasteiger partial charge < -0.3 is 0 Å². The molecule has 0 aliphatic carbocycles. The Kier molecular flexibility index (Phi) is 5.24. The van der Waals surface area contributed by atoms with E-state index < -0.39 is 0 Å². The molecule has 0 unspecified atom stereocenters. The van der Waals surface area contributed by atoms with Gasteiger partial charge in [0.1, 0.15) is 0 Å². The summed E-state index contributed by atoms with van der Waals surface area (Å²) in [5.74, 6) is -0.0467. The summed E-state index contributed by atoms with van der Waals surface area (Å²) in [5, 5.41) is 2.44. The zero-order chi connectivity index (χ0) is 17.9. The molecule has 2 aromatic carbocycles. The van der Waals surface area contributed by atoms with Gasteiger partial charge in [-0.15, -0.1) is 0 Å². The van der Waals surface area contributed by atoms with Crippen molar-refractivity contribution in [2.24, 2.45) is 0 Å². The summed E-state index contributed by atoms with van der Waals surface area (Å²) in [6.07, 6.45) is 8.30. The number of unbranched alkanes of at least 4 members (excludes halogenated alkanes) is 3. The van der Waals surface area contributed by atoms with Crippen molar-refractivity contribution in [3.8, 4) is 0 Å². The van der Waals surface area contributed by atoms with Gasteiger partial charge in [-0.05, 0) is 54.7 Å². The third-order valence-corrected chi connectivity index (χ3v) is 5.00. The number of benzene rings is 2. The lowest BCUT2D eigenvalue weighted by Crippen LogP contribution is -2.38. The van der Waals surface area contributed by atoms with E-state index in [1.165, 1.54) is 42.0 Å². The summed E-state index contributed by atoms with van der Waals surface area (Å²) in [6, 6.07) is 13.0. The molecule has 1 saturated heterocycles. The molecule has 2 N–H and O–H groups in total. The molecule has 1 fully saturated rings. The smallest absolute Gasteiger partial charge is 0.263 e. The maximum absolute atomic E-state index is 12.1. The fourth-order valence-electron chi connectivity index (χ4n) is 3.43.